The van der Waals surface area contributed by atoms with Crippen LogP contribution >= 0.6 is 0 Å². The number of epoxide rings is 1. The van der Waals surface area contributed by atoms with Gasteiger partial charge in [-0.15, -0.1) is 0 Å². The van der Waals surface area contributed by atoms with Gasteiger partial charge in [0.1, 0.15) is 11.7 Å². The molecular weight excluding hydrogens is 200 g/mol. The van der Waals surface area contributed by atoms with E-state index >= 15 is 0 Å². The van der Waals surface area contributed by atoms with Crippen molar-refractivity contribution in [1.82, 2.24) is 0 Å². The number of hydrogen-bond acceptors (Lipinski definition) is 2. The summed E-state index contributed by atoms with van der Waals surface area (Å²) in [6, 6.07) is 0. The van der Waals surface area contributed by atoms with Gasteiger partial charge in [-0.1, -0.05) is 20.4 Å². The molecule has 16 heavy (non-hydrogen) atoms. The third-order valence-electron chi connectivity index (χ3n) is 4.28. The number of ether oxygens (including phenoxy) is 2. The highest BCUT2D eigenvalue weighted by Crippen LogP contribution is 2.58. The monoisotopic (exact) mass is 220 g/mol. The van der Waals surface area contributed by atoms with Crippen molar-refractivity contribution < 1.29 is 9.47 Å². The smallest absolute Gasteiger partial charge is 0.117 e. The molecule has 4 atom stereocenters. The topological polar surface area (TPSA) is 21.8 Å². The summed E-state index contributed by atoms with van der Waals surface area (Å²) in [7, 11) is 0. The quantitative estimate of drug-likeness (QED) is 0.500. The lowest BCUT2D eigenvalue weighted by molar-refractivity contribution is -0.0318. The van der Waals surface area contributed by atoms with Crippen LogP contribution in [0.25, 0.3) is 0 Å². The third-order valence-corrected chi connectivity index (χ3v) is 4.28. The maximum absolute atomic E-state index is 6.19. The van der Waals surface area contributed by atoms with Gasteiger partial charge in [-0.3, -0.25) is 0 Å². The van der Waals surface area contributed by atoms with E-state index in [0.717, 1.165) is 12.0 Å². The van der Waals surface area contributed by atoms with Crippen LogP contribution in [0.1, 0.15) is 34.1 Å². The zero-order valence-corrected chi connectivity index (χ0v) is 10.5. The lowest BCUT2D eigenvalue weighted by Gasteiger charge is -2.39. The molecule has 0 bridgehead atoms. The van der Waals surface area contributed by atoms with E-state index in [1.165, 1.54) is 5.57 Å². The van der Waals surface area contributed by atoms with Crippen LogP contribution in [-0.4, -0.2) is 23.9 Å². The summed E-state index contributed by atoms with van der Waals surface area (Å²) in [5.74, 6) is 0. The second-order valence-electron chi connectivity index (χ2n) is 6.26. The molecule has 3 aliphatic rings. The van der Waals surface area contributed by atoms with Crippen LogP contribution in [0.3, 0.4) is 0 Å². The van der Waals surface area contributed by atoms with E-state index in [9.17, 15) is 0 Å². The summed E-state index contributed by atoms with van der Waals surface area (Å²) in [4.78, 5) is 0. The molecule has 1 aliphatic carbocycles. The van der Waals surface area contributed by atoms with Gasteiger partial charge in [-0.05, 0) is 42.9 Å². The predicted octanol–water partition coefficient (Wildman–Crippen LogP) is 2.84. The van der Waals surface area contributed by atoms with Crippen LogP contribution < -0.4 is 0 Å². The van der Waals surface area contributed by atoms with Gasteiger partial charge in [0.25, 0.3) is 0 Å². The van der Waals surface area contributed by atoms with Gasteiger partial charge in [-0.2, -0.15) is 0 Å². The Labute approximate surface area is 97.3 Å². The van der Waals surface area contributed by atoms with Gasteiger partial charge >= 0.3 is 0 Å². The zero-order chi connectivity index (χ0) is 11.7. The van der Waals surface area contributed by atoms with Crippen molar-refractivity contribution in [1.29, 1.82) is 0 Å². The van der Waals surface area contributed by atoms with Crippen molar-refractivity contribution in [3.05, 3.63) is 23.8 Å². The molecule has 1 saturated heterocycles. The second-order valence-corrected chi connectivity index (χ2v) is 6.26. The molecule has 1 saturated carbocycles. The third kappa shape index (κ3) is 1.20. The molecule has 0 aromatic rings. The molecule has 0 N–H and O–H groups in total. The Morgan fingerprint density at radius 3 is 2.75 bits per heavy atom. The van der Waals surface area contributed by atoms with Gasteiger partial charge in [0.15, 0.2) is 0 Å². The van der Waals surface area contributed by atoms with E-state index in [0.29, 0.717) is 6.10 Å². The fraction of sp³-hybridized carbons (Fsp3) is 0.714. The molecule has 2 aliphatic heterocycles. The molecule has 0 unspecified atom stereocenters. The Morgan fingerprint density at radius 2 is 2.12 bits per heavy atom. The van der Waals surface area contributed by atoms with Crippen LogP contribution in [0.5, 0.6) is 0 Å². The minimum atomic E-state index is -0.212. The van der Waals surface area contributed by atoms with Crippen molar-refractivity contribution in [3.8, 4) is 0 Å². The van der Waals surface area contributed by atoms with E-state index < -0.39 is 0 Å². The molecule has 2 heteroatoms. The minimum Gasteiger partial charge on any atom is -0.366 e. The lowest BCUT2D eigenvalue weighted by Crippen LogP contribution is -2.45. The first-order valence-electron chi connectivity index (χ1n) is 6.06. The molecule has 0 radical (unpaired) electrons. The molecule has 2 fully saturated rings. The van der Waals surface area contributed by atoms with Gasteiger partial charge in [0.2, 0.25) is 0 Å². The van der Waals surface area contributed by atoms with Crippen molar-refractivity contribution in [3.63, 3.8) is 0 Å². The molecular formula is C14H20O2. The molecule has 0 aromatic carbocycles. The molecule has 0 spiro atoms. The Hall–Kier alpha value is -0.600. The summed E-state index contributed by atoms with van der Waals surface area (Å²) < 4.78 is 11.9. The normalized spacial score (nSPS) is 48.0. The van der Waals surface area contributed by atoms with E-state index in [1.54, 1.807) is 0 Å². The highest BCUT2D eigenvalue weighted by Gasteiger charge is 2.65. The van der Waals surface area contributed by atoms with Crippen LogP contribution in [0.15, 0.2) is 23.8 Å². The SMILES string of the molecule is C=C(C)[C@@H]1C=C2C(C)(C)C[C@H]3O[C@H]3[C@@]2(C)O1. The Morgan fingerprint density at radius 1 is 1.44 bits per heavy atom. The predicted molar refractivity (Wildman–Crippen MR) is 63.2 cm³/mol. The zero-order valence-electron chi connectivity index (χ0n) is 10.5. The highest BCUT2D eigenvalue weighted by atomic mass is 16.6. The Kier molecular flexibility index (Phi) is 1.84. The van der Waals surface area contributed by atoms with Gasteiger partial charge in [-0.25, -0.2) is 0 Å². The summed E-state index contributed by atoms with van der Waals surface area (Å²) in [6.45, 7) is 12.8. The van der Waals surface area contributed by atoms with Crippen molar-refractivity contribution in [2.45, 2.75) is 58.0 Å². The summed E-state index contributed by atoms with van der Waals surface area (Å²) in [5, 5.41) is 0. The lowest BCUT2D eigenvalue weighted by atomic mass is 9.67. The molecule has 0 amide bonds. The maximum Gasteiger partial charge on any atom is 0.117 e. The Bertz CT molecular complexity index is 394. The van der Waals surface area contributed by atoms with Crippen LogP contribution in [0.2, 0.25) is 0 Å². The average molecular weight is 220 g/mol. The van der Waals surface area contributed by atoms with Crippen LogP contribution in [-0.2, 0) is 9.47 Å². The Balaban J connectivity index is 2.03. The maximum atomic E-state index is 6.19. The van der Waals surface area contributed by atoms with Gasteiger partial charge in [0, 0.05) is 0 Å². The number of fused-ring (bicyclic) bond motifs is 3. The standard InChI is InChI=1S/C14H20O2/c1-8(2)9-6-11-13(3,4)7-10-12(15-10)14(11,5)16-9/h6,9-10,12H,1,7H2,2-5H3/t9-,10+,12+,14-/m0/s1. The molecule has 88 valence electrons. The van der Waals surface area contributed by atoms with Crippen molar-refractivity contribution in [2.24, 2.45) is 5.41 Å². The van der Waals surface area contributed by atoms with E-state index in [2.05, 4.69) is 33.4 Å². The highest BCUT2D eigenvalue weighted by molar-refractivity contribution is 5.39. The first-order chi connectivity index (χ1) is 7.34. The van der Waals surface area contributed by atoms with Crippen molar-refractivity contribution >= 4 is 0 Å². The van der Waals surface area contributed by atoms with E-state index in [1.807, 2.05) is 6.92 Å². The fourth-order valence-corrected chi connectivity index (χ4v) is 3.43. The van der Waals surface area contributed by atoms with Gasteiger partial charge < -0.3 is 9.47 Å². The minimum absolute atomic E-state index is 0.0715. The summed E-state index contributed by atoms with van der Waals surface area (Å²) in [6.07, 6.45) is 4.13. The average Bonchev–Trinajstić information content (AvgIpc) is 2.79. The second kappa shape index (κ2) is 2.80. The largest absolute Gasteiger partial charge is 0.366 e. The number of rotatable bonds is 1. The summed E-state index contributed by atoms with van der Waals surface area (Å²) >= 11 is 0. The molecule has 2 heterocycles. The van der Waals surface area contributed by atoms with E-state index in [4.69, 9.17) is 9.47 Å². The molecule has 2 nitrogen and oxygen atoms in total. The van der Waals surface area contributed by atoms with E-state index in [-0.39, 0.29) is 23.2 Å². The first kappa shape index (κ1) is 10.5. The number of hydrogen-bond donors (Lipinski definition) is 0. The van der Waals surface area contributed by atoms with Crippen molar-refractivity contribution in [2.75, 3.05) is 0 Å². The molecule has 3 rings (SSSR count). The fourth-order valence-electron chi connectivity index (χ4n) is 3.43. The van der Waals surface area contributed by atoms with Gasteiger partial charge in [0.05, 0.1) is 12.2 Å². The van der Waals surface area contributed by atoms with Crippen LogP contribution in [0, 0.1) is 5.41 Å². The molecule has 0 aromatic heterocycles. The summed E-state index contributed by atoms with van der Waals surface area (Å²) in [5.41, 5.74) is 2.47. The first-order valence-corrected chi connectivity index (χ1v) is 6.06. The van der Waals surface area contributed by atoms with Crippen LogP contribution in [0.4, 0.5) is 0 Å².